The van der Waals surface area contributed by atoms with E-state index in [0.717, 1.165) is 37.1 Å². The molecule has 1 saturated carbocycles. The number of rotatable bonds is 6. The molecular weight excluding hydrogens is 417 g/mol. The molecular formula is C23H21ClFN5O. The lowest BCUT2D eigenvalue weighted by molar-refractivity contribution is 0.0951. The van der Waals surface area contributed by atoms with Gasteiger partial charge in [0.15, 0.2) is 11.5 Å². The molecule has 2 heterocycles. The van der Waals surface area contributed by atoms with E-state index in [1.807, 2.05) is 10.5 Å². The number of carbonyl (C=O) groups excluding carboxylic acids is 1. The standard InChI is InChI=1S/C23H21ClFN5O/c1-2-9-26-21-22-27-12-20(30(22)19-11-14(25)4-8-18(19)29-21)13-3-7-16(17(24)10-13)23(31)28-15-5-6-15/h3-4,7-8,10-12,15H,2,5-6,9H2,1H3,(H,26,29)(H,28,31). The van der Waals surface area contributed by atoms with Gasteiger partial charge in [0, 0.05) is 24.2 Å². The van der Waals surface area contributed by atoms with Gasteiger partial charge in [-0.1, -0.05) is 24.6 Å². The van der Waals surface area contributed by atoms with Crippen molar-refractivity contribution in [3.8, 4) is 11.3 Å². The van der Waals surface area contributed by atoms with E-state index in [9.17, 15) is 9.18 Å². The highest BCUT2D eigenvalue weighted by Crippen LogP contribution is 2.31. The van der Waals surface area contributed by atoms with Crippen molar-refractivity contribution in [1.29, 1.82) is 0 Å². The van der Waals surface area contributed by atoms with Crippen LogP contribution in [0.15, 0.2) is 42.6 Å². The molecule has 4 aromatic rings. The summed E-state index contributed by atoms with van der Waals surface area (Å²) in [6.45, 7) is 2.81. The predicted octanol–water partition coefficient (Wildman–Crippen LogP) is 5.06. The largest absolute Gasteiger partial charge is 0.367 e. The number of aromatic nitrogens is 3. The van der Waals surface area contributed by atoms with Crippen LogP contribution in [-0.2, 0) is 0 Å². The average Bonchev–Trinajstić information content (AvgIpc) is 3.45. The first-order chi connectivity index (χ1) is 15.0. The summed E-state index contributed by atoms with van der Waals surface area (Å²) in [7, 11) is 0. The van der Waals surface area contributed by atoms with Crippen LogP contribution in [0.3, 0.4) is 0 Å². The summed E-state index contributed by atoms with van der Waals surface area (Å²) in [4.78, 5) is 21.6. The zero-order valence-electron chi connectivity index (χ0n) is 17.0. The molecule has 0 aliphatic heterocycles. The van der Waals surface area contributed by atoms with E-state index >= 15 is 0 Å². The Morgan fingerprint density at radius 1 is 1.26 bits per heavy atom. The minimum Gasteiger partial charge on any atom is -0.367 e. The Balaban J connectivity index is 1.65. The van der Waals surface area contributed by atoms with Crippen molar-refractivity contribution in [3.63, 3.8) is 0 Å². The first-order valence-corrected chi connectivity index (χ1v) is 10.7. The van der Waals surface area contributed by atoms with Gasteiger partial charge >= 0.3 is 0 Å². The Hall–Kier alpha value is -3.19. The fourth-order valence-electron chi connectivity index (χ4n) is 3.62. The topological polar surface area (TPSA) is 71.3 Å². The number of halogens is 2. The van der Waals surface area contributed by atoms with Gasteiger partial charge in [-0.25, -0.2) is 14.4 Å². The first-order valence-electron chi connectivity index (χ1n) is 10.4. The van der Waals surface area contributed by atoms with E-state index in [4.69, 9.17) is 11.6 Å². The molecule has 2 N–H and O–H groups in total. The van der Waals surface area contributed by atoms with Gasteiger partial charge in [-0.15, -0.1) is 0 Å². The zero-order valence-corrected chi connectivity index (χ0v) is 17.7. The first kappa shape index (κ1) is 19.8. The SMILES string of the molecule is CCCNc1nc2ccc(F)cc2n2c(-c3ccc(C(=O)NC4CC4)c(Cl)c3)cnc12. The maximum Gasteiger partial charge on any atom is 0.253 e. The zero-order chi connectivity index (χ0) is 21.5. The van der Waals surface area contributed by atoms with Crippen molar-refractivity contribution in [3.05, 3.63) is 59.0 Å². The molecule has 8 heteroatoms. The number of hydrogen-bond donors (Lipinski definition) is 2. The van der Waals surface area contributed by atoms with Gasteiger partial charge in [0.1, 0.15) is 5.82 Å². The summed E-state index contributed by atoms with van der Waals surface area (Å²) in [5.41, 5.74) is 3.82. The number of hydrogen-bond acceptors (Lipinski definition) is 4. The molecule has 0 unspecified atom stereocenters. The minimum absolute atomic E-state index is 0.167. The Morgan fingerprint density at radius 3 is 2.84 bits per heavy atom. The summed E-state index contributed by atoms with van der Waals surface area (Å²) < 4.78 is 16.0. The van der Waals surface area contributed by atoms with Crippen LogP contribution >= 0.6 is 11.6 Å². The van der Waals surface area contributed by atoms with E-state index in [-0.39, 0.29) is 17.8 Å². The Labute approximate surface area is 183 Å². The highest BCUT2D eigenvalue weighted by molar-refractivity contribution is 6.34. The van der Waals surface area contributed by atoms with Gasteiger partial charge < -0.3 is 10.6 Å². The van der Waals surface area contributed by atoms with Crippen molar-refractivity contribution in [2.24, 2.45) is 0 Å². The summed E-state index contributed by atoms with van der Waals surface area (Å²) in [5, 5.41) is 6.61. The molecule has 6 nitrogen and oxygen atoms in total. The second-order valence-corrected chi connectivity index (χ2v) is 8.17. The third-order valence-corrected chi connectivity index (χ3v) is 5.66. The minimum atomic E-state index is -0.352. The molecule has 2 aromatic carbocycles. The highest BCUT2D eigenvalue weighted by atomic mass is 35.5. The average molecular weight is 438 g/mol. The van der Waals surface area contributed by atoms with Crippen LogP contribution in [0.25, 0.3) is 27.9 Å². The number of carbonyl (C=O) groups is 1. The third kappa shape index (κ3) is 3.70. The molecule has 5 rings (SSSR count). The maximum absolute atomic E-state index is 14.1. The van der Waals surface area contributed by atoms with Gasteiger partial charge in [-0.2, -0.15) is 0 Å². The summed E-state index contributed by atoms with van der Waals surface area (Å²) >= 11 is 6.46. The van der Waals surface area contributed by atoms with Crippen LogP contribution in [0.5, 0.6) is 0 Å². The normalized spacial score (nSPS) is 13.6. The number of nitrogens with zero attached hydrogens (tertiary/aromatic N) is 3. The quantitative estimate of drug-likeness (QED) is 0.442. The van der Waals surface area contributed by atoms with Crippen molar-refractivity contribution in [2.75, 3.05) is 11.9 Å². The summed E-state index contributed by atoms with van der Waals surface area (Å²) in [6, 6.07) is 10.1. The molecule has 0 spiro atoms. The maximum atomic E-state index is 14.1. The van der Waals surface area contributed by atoms with Gasteiger partial charge in [-0.05, 0) is 43.5 Å². The van der Waals surface area contributed by atoms with Crippen LogP contribution in [0, 0.1) is 5.82 Å². The molecule has 1 aliphatic rings. The fraction of sp³-hybridized carbons (Fsp3) is 0.261. The summed E-state index contributed by atoms with van der Waals surface area (Å²) in [5.74, 6) is 0.119. The molecule has 158 valence electrons. The van der Waals surface area contributed by atoms with Gasteiger partial charge in [0.05, 0.1) is 33.5 Å². The molecule has 0 bridgehead atoms. The van der Waals surface area contributed by atoms with E-state index in [0.29, 0.717) is 33.1 Å². The number of benzene rings is 2. The van der Waals surface area contributed by atoms with Crippen LogP contribution in [0.2, 0.25) is 5.02 Å². The smallest absolute Gasteiger partial charge is 0.253 e. The second kappa shape index (κ2) is 7.81. The van der Waals surface area contributed by atoms with Crippen LogP contribution in [-0.4, -0.2) is 32.9 Å². The van der Waals surface area contributed by atoms with Gasteiger partial charge in [0.2, 0.25) is 0 Å². The number of nitrogens with one attached hydrogen (secondary N) is 2. The predicted molar refractivity (Wildman–Crippen MR) is 120 cm³/mol. The molecule has 1 fully saturated rings. The Bertz CT molecular complexity index is 1310. The van der Waals surface area contributed by atoms with Crippen LogP contribution < -0.4 is 10.6 Å². The number of fused-ring (bicyclic) bond motifs is 3. The Morgan fingerprint density at radius 2 is 2.10 bits per heavy atom. The molecule has 31 heavy (non-hydrogen) atoms. The lowest BCUT2D eigenvalue weighted by Gasteiger charge is -2.12. The molecule has 0 atom stereocenters. The van der Waals surface area contributed by atoms with E-state index in [1.165, 1.54) is 12.1 Å². The van der Waals surface area contributed by atoms with Gasteiger partial charge in [0.25, 0.3) is 5.91 Å². The second-order valence-electron chi connectivity index (χ2n) is 7.77. The summed E-state index contributed by atoms with van der Waals surface area (Å²) in [6.07, 6.45) is 4.67. The monoisotopic (exact) mass is 437 g/mol. The third-order valence-electron chi connectivity index (χ3n) is 5.35. The van der Waals surface area contributed by atoms with Crippen molar-refractivity contribution in [1.82, 2.24) is 19.7 Å². The lowest BCUT2D eigenvalue weighted by atomic mass is 10.1. The van der Waals surface area contributed by atoms with Crippen molar-refractivity contribution in [2.45, 2.75) is 32.2 Å². The van der Waals surface area contributed by atoms with E-state index < -0.39 is 0 Å². The molecule has 1 amide bonds. The Kier molecular flexibility index (Phi) is 4.98. The lowest BCUT2D eigenvalue weighted by Crippen LogP contribution is -2.25. The van der Waals surface area contributed by atoms with Crippen molar-refractivity contribution < 1.29 is 9.18 Å². The molecule has 2 aromatic heterocycles. The number of imidazole rings is 1. The van der Waals surface area contributed by atoms with E-state index in [1.54, 1.807) is 24.4 Å². The van der Waals surface area contributed by atoms with Gasteiger partial charge in [-0.3, -0.25) is 9.20 Å². The number of amides is 1. The molecule has 1 aliphatic carbocycles. The molecule has 0 saturated heterocycles. The van der Waals surface area contributed by atoms with Crippen LogP contribution in [0.1, 0.15) is 36.5 Å². The fourth-order valence-corrected chi connectivity index (χ4v) is 3.88. The van der Waals surface area contributed by atoms with E-state index in [2.05, 4.69) is 27.5 Å². The highest BCUT2D eigenvalue weighted by Gasteiger charge is 2.25. The van der Waals surface area contributed by atoms with Crippen LogP contribution in [0.4, 0.5) is 10.2 Å². The number of anilines is 1. The van der Waals surface area contributed by atoms with Crippen molar-refractivity contribution >= 4 is 40.0 Å². The molecule has 0 radical (unpaired) electrons.